The number of benzene rings is 2. The molecule has 0 unspecified atom stereocenters. The minimum Gasteiger partial charge on any atom is -0.491 e. The summed E-state index contributed by atoms with van der Waals surface area (Å²) in [4.78, 5) is 14.0. The summed E-state index contributed by atoms with van der Waals surface area (Å²) in [5.41, 5.74) is 1.95. The summed E-state index contributed by atoms with van der Waals surface area (Å²) in [6.45, 7) is 3.18. The fourth-order valence-electron chi connectivity index (χ4n) is 4.22. The predicted molar refractivity (Wildman–Crippen MR) is 115 cm³/mol. The predicted octanol–water partition coefficient (Wildman–Crippen LogP) is 3.98. The van der Waals surface area contributed by atoms with Crippen LogP contribution in [0.4, 0.5) is 5.69 Å². The second-order valence-corrected chi connectivity index (χ2v) is 8.30. The maximum absolute atomic E-state index is 11.7. The molecule has 0 spiro atoms. The summed E-state index contributed by atoms with van der Waals surface area (Å²) in [6, 6.07) is 13.5. The van der Waals surface area contributed by atoms with E-state index in [4.69, 9.17) is 16.3 Å². The van der Waals surface area contributed by atoms with Gasteiger partial charge in [0.2, 0.25) is 5.91 Å². The molecule has 1 fully saturated rings. The number of aliphatic hydroxyl groups is 1. The molecule has 5 nitrogen and oxygen atoms in total. The van der Waals surface area contributed by atoms with Gasteiger partial charge in [-0.05, 0) is 43.4 Å². The summed E-state index contributed by atoms with van der Waals surface area (Å²) in [5, 5.41) is 14.6. The van der Waals surface area contributed by atoms with E-state index in [-0.39, 0.29) is 5.91 Å². The lowest BCUT2D eigenvalue weighted by Gasteiger charge is -2.39. The van der Waals surface area contributed by atoms with Crippen LogP contribution < -0.4 is 10.1 Å². The van der Waals surface area contributed by atoms with Crippen molar-refractivity contribution in [2.45, 2.75) is 37.7 Å². The maximum Gasteiger partial charge on any atom is 0.224 e. The Bertz CT molecular complexity index is 878. The number of rotatable bonds is 6. The minimum atomic E-state index is -0.841. The van der Waals surface area contributed by atoms with E-state index >= 15 is 0 Å². The number of likely N-dealkylation sites (tertiary alicyclic amines) is 1. The molecule has 0 radical (unpaired) electrons. The van der Waals surface area contributed by atoms with Crippen LogP contribution in [0.25, 0.3) is 0 Å². The van der Waals surface area contributed by atoms with Crippen molar-refractivity contribution in [1.29, 1.82) is 0 Å². The number of para-hydroxylation sites is 1. The van der Waals surface area contributed by atoms with Crippen LogP contribution in [-0.2, 0) is 16.8 Å². The Morgan fingerprint density at radius 3 is 2.69 bits per heavy atom. The van der Waals surface area contributed by atoms with Crippen LogP contribution in [0, 0.1) is 0 Å². The van der Waals surface area contributed by atoms with E-state index in [0.29, 0.717) is 30.9 Å². The standard InChI is InChI=1S/C23H27ClN2O3/c24-19-7-2-1-6-18(19)23(28)11-14-26(15-12-23)13-4-16-29-20-8-3-5-17-9-10-21(27)25-22(17)20/h1-3,5-8,28H,4,9-16H2,(H,25,27). The third-order valence-corrected chi connectivity index (χ3v) is 6.26. The third kappa shape index (κ3) is 4.58. The molecule has 2 aromatic rings. The lowest BCUT2D eigenvalue weighted by Crippen LogP contribution is -2.43. The highest BCUT2D eigenvalue weighted by atomic mass is 35.5. The highest BCUT2D eigenvalue weighted by molar-refractivity contribution is 6.31. The van der Waals surface area contributed by atoms with Crippen molar-refractivity contribution in [2.24, 2.45) is 0 Å². The van der Waals surface area contributed by atoms with Crippen LogP contribution in [0.5, 0.6) is 5.75 Å². The molecule has 6 heteroatoms. The lowest BCUT2D eigenvalue weighted by molar-refractivity contribution is -0.116. The topological polar surface area (TPSA) is 61.8 Å². The molecular weight excluding hydrogens is 388 g/mol. The van der Waals surface area contributed by atoms with E-state index in [2.05, 4.69) is 10.2 Å². The van der Waals surface area contributed by atoms with Crippen molar-refractivity contribution in [2.75, 3.05) is 31.6 Å². The number of hydrogen-bond acceptors (Lipinski definition) is 4. The number of amides is 1. The number of hydrogen-bond donors (Lipinski definition) is 2. The number of aryl methyl sites for hydroxylation is 1. The number of nitrogens with one attached hydrogen (secondary N) is 1. The Morgan fingerprint density at radius 2 is 1.90 bits per heavy atom. The van der Waals surface area contributed by atoms with Gasteiger partial charge in [0, 0.05) is 36.6 Å². The quantitative estimate of drug-likeness (QED) is 0.702. The first-order valence-electron chi connectivity index (χ1n) is 10.3. The molecule has 0 bridgehead atoms. The molecule has 0 aliphatic carbocycles. The summed E-state index contributed by atoms with van der Waals surface area (Å²) >= 11 is 6.29. The maximum atomic E-state index is 11.7. The van der Waals surface area contributed by atoms with Crippen LogP contribution in [0.15, 0.2) is 42.5 Å². The van der Waals surface area contributed by atoms with Gasteiger partial charge in [0.15, 0.2) is 0 Å². The van der Waals surface area contributed by atoms with Gasteiger partial charge >= 0.3 is 0 Å². The highest BCUT2D eigenvalue weighted by Crippen LogP contribution is 2.37. The summed E-state index contributed by atoms with van der Waals surface area (Å²) in [7, 11) is 0. The SMILES string of the molecule is O=C1CCc2cccc(OCCCN3CCC(O)(c4ccccc4Cl)CC3)c2N1. The Labute approximate surface area is 176 Å². The molecule has 29 heavy (non-hydrogen) atoms. The second kappa shape index (κ2) is 8.74. The minimum absolute atomic E-state index is 0.0490. The number of ether oxygens (including phenoxy) is 1. The van der Waals surface area contributed by atoms with E-state index in [1.807, 2.05) is 42.5 Å². The molecule has 2 aliphatic heterocycles. The van der Waals surface area contributed by atoms with E-state index in [9.17, 15) is 9.90 Å². The molecular formula is C23H27ClN2O3. The van der Waals surface area contributed by atoms with Crippen molar-refractivity contribution in [3.63, 3.8) is 0 Å². The van der Waals surface area contributed by atoms with Crippen LogP contribution >= 0.6 is 11.6 Å². The number of piperidine rings is 1. The summed E-state index contributed by atoms with van der Waals surface area (Å²) in [5.74, 6) is 0.801. The van der Waals surface area contributed by atoms with Gasteiger partial charge in [-0.15, -0.1) is 0 Å². The van der Waals surface area contributed by atoms with Gasteiger partial charge in [-0.25, -0.2) is 0 Å². The molecule has 4 rings (SSSR count). The zero-order valence-electron chi connectivity index (χ0n) is 16.5. The summed E-state index contributed by atoms with van der Waals surface area (Å²) < 4.78 is 5.96. The van der Waals surface area contributed by atoms with Crippen molar-refractivity contribution in [1.82, 2.24) is 4.90 Å². The Balaban J connectivity index is 1.25. The third-order valence-electron chi connectivity index (χ3n) is 5.93. The summed E-state index contributed by atoms with van der Waals surface area (Å²) in [6.07, 6.45) is 3.54. The largest absolute Gasteiger partial charge is 0.491 e. The molecule has 2 aromatic carbocycles. The first kappa shape index (κ1) is 20.2. The number of anilines is 1. The van der Waals surface area contributed by atoms with Gasteiger partial charge < -0.3 is 20.1 Å². The first-order chi connectivity index (χ1) is 14.0. The number of carbonyl (C=O) groups excluding carboxylic acids is 1. The molecule has 0 saturated carbocycles. The fraction of sp³-hybridized carbons (Fsp3) is 0.435. The average Bonchev–Trinajstić information content (AvgIpc) is 2.73. The number of fused-ring (bicyclic) bond motifs is 1. The van der Waals surface area contributed by atoms with Crippen LogP contribution in [0.1, 0.15) is 36.8 Å². The first-order valence-corrected chi connectivity index (χ1v) is 10.7. The van der Waals surface area contributed by atoms with Crippen molar-refractivity contribution in [3.8, 4) is 5.75 Å². The van der Waals surface area contributed by atoms with Crippen molar-refractivity contribution < 1.29 is 14.6 Å². The van der Waals surface area contributed by atoms with Crippen molar-refractivity contribution >= 4 is 23.2 Å². The fourth-order valence-corrected chi connectivity index (χ4v) is 4.53. The molecule has 2 N–H and O–H groups in total. The zero-order valence-corrected chi connectivity index (χ0v) is 17.3. The smallest absolute Gasteiger partial charge is 0.224 e. The van der Waals surface area contributed by atoms with E-state index < -0.39 is 5.60 Å². The van der Waals surface area contributed by atoms with Crippen LogP contribution in [0.2, 0.25) is 5.02 Å². The normalized spacial score (nSPS) is 18.8. The molecule has 2 aliphatic rings. The Morgan fingerprint density at radius 1 is 1.10 bits per heavy atom. The molecule has 0 atom stereocenters. The van der Waals surface area contributed by atoms with Gasteiger partial charge in [0.1, 0.15) is 5.75 Å². The van der Waals surface area contributed by atoms with E-state index in [0.717, 1.165) is 55.0 Å². The van der Waals surface area contributed by atoms with Crippen molar-refractivity contribution in [3.05, 3.63) is 58.6 Å². The average molecular weight is 415 g/mol. The van der Waals surface area contributed by atoms with Gasteiger partial charge in [-0.3, -0.25) is 4.79 Å². The van der Waals surface area contributed by atoms with Gasteiger partial charge in [0.05, 0.1) is 17.9 Å². The zero-order chi connectivity index (χ0) is 20.3. The molecule has 154 valence electrons. The van der Waals surface area contributed by atoms with E-state index in [1.165, 1.54) is 0 Å². The number of nitrogens with zero attached hydrogens (tertiary/aromatic N) is 1. The monoisotopic (exact) mass is 414 g/mol. The lowest BCUT2D eigenvalue weighted by atomic mass is 9.84. The molecule has 0 aromatic heterocycles. The van der Waals surface area contributed by atoms with Gasteiger partial charge in [-0.1, -0.05) is 41.9 Å². The molecule has 2 heterocycles. The van der Waals surface area contributed by atoms with Gasteiger partial charge in [0.25, 0.3) is 0 Å². The van der Waals surface area contributed by atoms with Gasteiger partial charge in [-0.2, -0.15) is 0 Å². The molecule has 1 amide bonds. The number of halogens is 1. The van der Waals surface area contributed by atoms with Crippen LogP contribution in [0.3, 0.4) is 0 Å². The highest BCUT2D eigenvalue weighted by Gasteiger charge is 2.35. The van der Waals surface area contributed by atoms with E-state index in [1.54, 1.807) is 0 Å². The van der Waals surface area contributed by atoms with Crippen LogP contribution in [-0.4, -0.2) is 42.2 Å². The number of carbonyl (C=O) groups is 1. The Hall–Kier alpha value is -2.08. The Kier molecular flexibility index (Phi) is 6.09. The second-order valence-electron chi connectivity index (χ2n) is 7.89. The molecule has 1 saturated heterocycles.